The molecular formula is C20H20N2O5. The van der Waals surface area contributed by atoms with Gasteiger partial charge in [-0.1, -0.05) is 6.07 Å². The smallest absolute Gasteiger partial charge is 0.266 e. The zero-order valence-electron chi connectivity index (χ0n) is 15.5. The average molecular weight is 368 g/mol. The number of carbonyl (C=O) groups is 1. The molecule has 7 heteroatoms. The fraction of sp³-hybridized carbons (Fsp3) is 0.200. The molecule has 140 valence electrons. The standard InChI is InChI=1S/C20H20N2O5/c1-24-16-7-5-6-15(11-16)22-20(23)14(12-21)8-13-9-17(25-2)19(27-4)18(10-13)26-3/h5-11H,1-4H3,(H,22,23)/b14-8-. The maximum absolute atomic E-state index is 12.4. The minimum atomic E-state index is -0.542. The van der Waals surface area contributed by atoms with Gasteiger partial charge in [-0.2, -0.15) is 5.26 Å². The monoisotopic (exact) mass is 368 g/mol. The summed E-state index contributed by atoms with van der Waals surface area (Å²) in [5.74, 6) is 1.33. The number of rotatable bonds is 7. The second kappa shape index (κ2) is 9.15. The molecule has 0 bridgehead atoms. The van der Waals surface area contributed by atoms with Crippen LogP contribution in [0.25, 0.3) is 6.08 Å². The van der Waals surface area contributed by atoms with Gasteiger partial charge in [0.05, 0.1) is 28.4 Å². The fourth-order valence-electron chi connectivity index (χ4n) is 2.40. The van der Waals surface area contributed by atoms with Gasteiger partial charge in [-0.15, -0.1) is 0 Å². The first kappa shape index (κ1) is 19.7. The summed E-state index contributed by atoms with van der Waals surface area (Å²) < 4.78 is 21.0. The predicted molar refractivity (Wildman–Crippen MR) is 101 cm³/mol. The number of hydrogen-bond acceptors (Lipinski definition) is 6. The average Bonchev–Trinajstić information content (AvgIpc) is 2.70. The van der Waals surface area contributed by atoms with Crippen LogP contribution in [0.15, 0.2) is 42.0 Å². The molecule has 2 aromatic carbocycles. The number of amides is 1. The van der Waals surface area contributed by atoms with Gasteiger partial charge >= 0.3 is 0 Å². The summed E-state index contributed by atoms with van der Waals surface area (Å²) in [6.07, 6.45) is 1.44. The van der Waals surface area contributed by atoms with E-state index in [-0.39, 0.29) is 5.57 Å². The van der Waals surface area contributed by atoms with E-state index in [2.05, 4.69) is 5.32 Å². The van der Waals surface area contributed by atoms with Gasteiger partial charge in [0, 0.05) is 11.8 Å². The summed E-state index contributed by atoms with van der Waals surface area (Å²) >= 11 is 0. The van der Waals surface area contributed by atoms with Crippen LogP contribution in [0.3, 0.4) is 0 Å². The van der Waals surface area contributed by atoms with E-state index in [9.17, 15) is 10.1 Å². The quantitative estimate of drug-likeness (QED) is 0.596. The summed E-state index contributed by atoms with van der Waals surface area (Å²) in [6.45, 7) is 0. The van der Waals surface area contributed by atoms with Crippen molar-refractivity contribution < 1.29 is 23.7 Å². The molecule has 0 radical (unpaired) electrons. The van der Waals surface area contributed by atoms with Crippen LogP contribution in [0.2, 0.25) is 0 Å². The molecule has 0 aliphatic heterocycles. The normalized spacial score (nSPS) is 10.6. The number of nitrogens with one attached hydrogen (secondary N) is 1. The first-order chi connectivity index (χ1) is 13.1. The summed E-state index contributed by atoms with van der Waals surface area (Å²) in [4.78, 5) is 12.4. The number of methoxy groups -OCH3 is 4. The van der Waals surface area contributed by atoms with Crippen molar-refractivity contribution in [3.63, 3.8) is 0 Å². The molecule has 0 atom stereocenters. The van der Waals surface area contributed by atoms with Gasteiger partial charge in [-0.3, -0.25) is 4.79 Å². The molecule has 0 saturated carbocycles. The summed E-state index contributed by atoms with van der Waals surface area (Å²) in [7, 11) is 6.02. The van der Waals surface area contributed by atoms with Crippen molar-refractivity contribution >= 4 is 17.7 Å². The van der Waals surface area contributed by atoms with Crippen molar-refractivity contribution in [1.82, 2.24) is 0 Å². The number of nitriles is 1. The second-order valence-corrected chi connectivity index (χ2v) is 5.31. The Morgan fingerprint density at radius 3 is 2.19 bits per heavy atom. The van der Waals surface area contributed by atoms with Crippen molar-refractivity contribution in [3.8, 4) is 29.1 Å². The minimum Gasteiger partial charge on any atom is -0.497 e. The lowest BCUT2D eigenvalue weighted by Crippen LogP contribution is -2.13. The maximum Gasteiger partial charge on any atom is 0.266 e. The molecular weight excluding hydrogens is 348 g/mol. The van der Waals surface area contributed by atoms with Gasteiger partial charge < -0.3 is 24.3 Å². The van der Waals surface area contributed by atoms with E-state index >= 15 is 0 Å². The molecule has 0 spiro atoms. The Morgan fingerprint density at radius 1 is 1.00 bits per heavy atom. The largest absolute Gasteiger partial charge is 0.497 e. The molecule has 0 heterocycles. The van der Waals surface area contributed by atoms with E-state index in [1.165, 1.54) is 34.5 Å². The maximum atomic E-state index is 12.4. The SMILES string of the molecule is COc1cccc(NC(=O)/C(C#N)=C\c2cc(OC)c(OC)c(OC)c2)c1. The predicted octanol–water partition coefficient (Wildman–Crippen LogP) is 3.27. The Morgan fingerprint density at radius 2 is 1.67 bits per heavy atom. The molecule has 2 rings (SSSR count). The molecule has 0 saturated heterocycles. The Bertz CT molecular complexity index is 874. The highest BCUT2D eigenvalue weighted by Crippen LogP contribution is 2.38. The first-order valence-electron chi connectivity index (χ1n) is 7.93. The van der Waals surface area contributed by atoms with Crippen LogP contribution < -0.4 is 24.3 Å². The summed E-state index contributed by atoms with van der Waals surface area (Å²) in [5.41, 5.74) is 0.999. The third-order valence-corrected chi connectivity index (χ3v) is 3.69. The minimum absolute atomic E-state index is 0.0768. The second-order valence-electron chi connectivity index (χ2n) is 5.31. The lowest BCUT2D eigenvalue weighted by molar-refractivity contribution is -0.112. The van der Waals surface area contributed by atoms with Gasteiger partial charge in [0.25, 0.3) is 5.91 Å². The Balaban J connectivity index is 2.34. The van der Waals surface area contributed by atoms with E-state index in [0.717, 1.165) is 0 Å². The Labute approximate surface area is 157 Å². The zero-order chi connectivity index (χ0) is 19.8. The molecule has 0 aliphatic carbocycles. The van der Waals surface area contributed by atoms with Crippen LogP contribution in [0.4, 0.5) is 5.69 Å². The molecule has 0 aromatic heterocycles. The highest BCUT2D eigenvalue weighted by atomic mass is 16.5. The number of ether oxygens (including phenoxy) is 4. The van der Waals surface area contributed by atoms with E-state index in [0.29, 0.717) is 34.2 Å². The van der Waals surface area contributed by atoms with Crippen molar-refractivity contribution in [3.05, 3.63) is 47.5 Å². The number of carbonyl (C=O) groups excluding carboxylic acids is 1. The molecule has 0 fully saturated rings. The van der Waals surface area contributed by atoms with Gasteiger partial charge in [-0.25, -0.2) is 0 Å². The number of hydrogen-bond donors (Lipinski definition) is 1. The van der Waals surface area contributed by atoms with Gasteiger partial charge in [0.15, 0.2) is 11.5 Å². The molecule has 27 heavy (non-hydrogen) atoms. The van der Waals surface area contributed by atoms with Crippen molar-refractivity contribution in [1.29, 1.82) is 5.26 Å². The van der Waals surface area contributed by atoms with Crippen LogP contribution in [-0.2, 0) is 4.79 Å². The Hall–Kier alpha value is -3.66. The molecule has 2 aromatic rings. The van der Waals surface area contributed by atoms with Crippen molar-refractivity contribution in [2.45, 2.75) is 0 Å². The number of nitrogens with zero attached hydrogens (tertiary/aromatic N) is 1. The summed E-state index contributed by atoms with van der Waals surface area (Å²) in [6, 6.07) is 12.1. The van der Waals surface area contributed by atoms with Crippen molar-refractivity contribution in [2.24, 2.45) is 0 Å². The van der Waals surface area contributed by atoms with E-state index < -0.39 is 5.91 Å². The van der Waals surface area contributed by atoms with Crippen LogP contribution in [0, 0.1) is 11.3 Å². The van der Waals surface area contributed by atoms with E-state index in [1.807, 2.05) is 6.07 Å². The Kier molecular flexibility index (Phi) is 6.67. The zero-order valence-corrected chi connectivity index (χ0v) is 15.5. The highest BCUT2D eigenvalue weighted by molar-refractivity contribution is 6.09. The molecule has 7 nitrogen and oxygen atoms in total. The lowest BCUT2D eigenvalue weighted by atomic mass is 10.1. The van der Waals surface area contributed by atoms with Crippen molar-refractivity contribution in [2.75, 3.05) is 33.8 Å². The fourth-order valence-corrected chi connectivity index (χ4v) is 2.40. The third kappa shape index (κ3) is 4.70. The highest BCUT2D eigenvalue weighted by Gasteiger charge is 2.15. The van der Waals surface area contributed by atoms with E-state index in [4.69, 9.17) is 18.9 Å². The summed E-state index contributed by atoms with van der Waals surface area (Å²) in [5, 5.41) is 12.1. The number of anilines is 1. The molecule has 1 amide bonds. The van der Waals surface area contributed by atoms with E-state index in [1.54, 1.807) is 36.4 Å². The molecule has 0 aliphatic rings. The topological polar surface area (TPSA) is 89.8 Å². The van der Waals surface area contributed by atoms with Gasteiger partial charge in [0.1, 0.15) is 17.4 Å². The first-order valence-corrected chi connectivity index (χ1v) is 7.93. The number of benzene rings is 2. The van der Waals surface area contributed by atoms with Crippen LogP contribution >= 0.6 is 0 Å². The molecule has 0 unspecified atom stereocenters. The van der Waals surface area contributed by atoms with Gasteiger partial charge in [-0.05, 0) is 35.9 Å². The van der Waals surface area contributed by atoms with Crippen LogP contribution in [0.1, 0.15) is 5.56 Å². The molecule has 1 N–H and O–H groups in total. The van der Waals surface area contributed by atoms with Crippen LogP contribution in [-0.4, -0.2) is 34.3 Å². The lowest BCUT2D eigenvalue weighted by Gasteiger charge is -2.13. The van der Waals surface area contributed by atoms with Crippen LogP contribution in [0.5, 0.6) is 23.0 Å². The third-order valence-electron chi connectivity index (χ3n) is 3.69. The van der Waals surface area contributed by atoms with Gasteiger partial charge in [0.2, 0.25) is 5.75 Å².